The molecule has 0 radical (unpaired) electrons. The molecule has 3 aromatic rings. The van der Waals surface area contributed by atoms with Gasteiger partial charge in [-0.05, 0) is 48.9 Å². The fourth-order valence-electron chi connectivity index (χ4n) is 3.37. The lowest BCUT2D eigenvalue weighted by Crippen LogP contribution is -3.00. The molecule has 1 aromatic heterocycles. The smallest absolute Gasteiger partial charge is 0.416 e. The predicted molar refractivity (Wildman–Crippen MR) is 118 cm³/mol. The molecular formula is C26H22BrF6NO2. The summed E-state index contributed by atoms with van der Waals surface area (Å²) in [6.07, 6.45) is -2.12. The Hall–Kier alpha value is -3.14. The Kier molecular flexibility index (Phi) is 9.86. The molecule has 0 unspecified atom stereocenters. The van der Waals surface area contributed by atoms with Crippen LogP contribution in [0.5, 0.6) is 0 Å². The fourth-order valence-corrected chi connectivity index (χ4v) is 3.37. The number of nitrogens with zero attached hydrogens (tertiary/aromatic N) is 1. The van der Waals surface area contributed by atoms with Crippen molar-refractivity contribution in [1.29, 1.82) is 0 Å². The normalized spacial score (nSPS) is 11.9. The lowest BCUT2D eigenvalue weighted by atomic mass is 10.1. The molecule has 0 amide bonds. The van der Waals surface area contributed by atoms with Crippen molar-refractivity contribution >= 4 is 18.1 Å². The molecule has 192 valence electrons. The number of carbonyl (C=O) groups excluding carboxylic acids is 1. The van der Waals surface area contributed by atoms with Gasteiger partial charge in [-0.3, -0.25) is 4.79 Å². The third kappa shape index (κ3) is 8.51. The van der Waals surface area contributed by atoms with Gasteiger partial charge in [0.15, 0.2) is 18.9 Å². The van der Waals surface area contributed by atoms with Crippen LogP contribution in [0.1, 0.15) is 40.3 Å². The van der Waals surface area contributed by atoms with Crippen molar-refractivity contribution in [2.75, 3.05) is 6.61 Å². The number of esters is 1. The van der Waals surface area contributed by atoms with Crippen molar-refractivity contribution < 1.29 is 57.4 Å². The van der Waals surface area contributed by atoms with Crippen LogP contribution >= 0.6 is 0 Å². The zero-order chi connectivity index (χ0) is 25.6. The average Bonchev–Trinajstić information content (AvgIpc) is 2.77. The highest BCUT2D eigenvalue weighted by Crippen LogP contribution is 2.30. The van der Waals surface area contributed by atoms with Gasteiger partial charge in [-0.2, -0.15) is 30.9 Å². The molecule has 0 aliphatic heterocycles. The quantitative estimate of drug-likeness (QED) is 0.246. The topological polar surface area (TPSA) is 30.2 Å². The maximum absolute atomic E-state index is 12.8. The van der Waals surface area contributed by atoms with Crippen LogP contribution < -0.4 is 21.5 Å². The van der Waals surface area contributed by atoms with E-state index < -0.39 is 29.4 Å². The SMILES string of the molecule is CCOC(=O)Cc1cc(/C=C/c2ccc(C(F)(F)F)cc2)c[n+](Cc2ccc(C(F)(F)F)cc2)c1.[Br-]. The standard InChI is InChI=1S/C26H22F6NO2.BrH/c1-2-35-24(34)14-21-13-20(4-3-18-5-9-22(10-6-18)25(27,28)29)16-33(17-21)15-19-7-11-23(12-8-19)26(30,31)32;/h3-13,16-17H,2,14-15H2,1H3;1H/q+1;/p-1/b4-3+;. The van der Waals surface area contributed by atoms with E-state index in [4.69, 9.17) is 4.74 Å². The van der Waals surface area contributed by atoms with Crippen LogP contribution in [0.25, 0.3) is 12.2 Å². The molecule has 0 aliphatic carbocycles. The second-order valence-electron chi connectivity index (χ2n) is 7.78. The first kappa shape index (κ1) is 29.1. The summed E-state index contributed by atoms with van der Waals surface area (Å²) in [7, 11) is 0. The van der Waals surface area contributed by atoms with Crippen LogP contribution in [0.2, 0.25) is 0 Å². The molecule has 0 saturated carbocycles. The summed E-state index contributed by atoms with van der Waals surface area (Å²) < 4.78 is 83.5. The third-order valence-corrected chi connectivity index (χ3v) is 5.01. The highest BCUT2D eigenvalue weighted by atomic mass is 79.9. The first-order valence-electron chi connectivity index (χ1n) is 10.6. The van der Waals surface area contributed by atoms with Gasteiger partial charge >= 0.3 is 18.3 Å². The molecule has 2 aromatic carbocycles. The Morgan fingerprint density at radius 2 is 1.33 bits per heavy atom. The lowest BCUT2D eigenvalue weighted by Gasteiger charge is -2.07. The van der Waals surface area contributed by atoms with E-state index >= 15 is 0 Å². The molecular weight excluding hydrogens is 552 g/mol. The van der Waals surface area contributed by atoms with Gasteiger partial charge in [0.05, 0.1) is 24.2 Å². The highest BCUT2D eigenvalue weighted by Gasteiger charge is 2.30. The summed E-state index contributed by atoms with van der Waals surface area (Å²) in [5.74, 6) is -0.433. The average molecular weight is 574 g/mol. The Balaban J connectivity index is 0.00000456. The minimum atomic E-state index is -4.43. The summed E-state index contributed by atoms with van der Waals surface area (Å²) in [6, 6.07) is 11.2. The molecule has 3 nitrogen and oxygen atoms in total. The van der Waals surface area contributed by atoms with Crippen LogP contribution in [0.15, 0.2) is 67.0 Å². The molecule has 0 aliphatic rings. The highest BCUT2D eigenvalue weighted by molar-refractivity contribution is 5.73. The fraction of sp³-hybridized carbons (Fsp3) is 0.231. The van der Waals surface area contributed by atoms with Gasteiger partial charge in [0.1, 0.15) is 0 Å². The van der Waals surface area contributed by atoms with E-state index in [1.54, 1.807) is 42.1 Å². The van der Waals surface area contributed by atoms with Crippen LogP contribution in [0.3, 0.4) is 0 Å². The zero-order valence-electron chi connectivity index (χ0n) is 19.0. The second-order valence-corrected chi connectivity index (χ2v) is 7.78. The minimum absolute atomic E-state index is 0. The molecule has 0 fully saturated rings. The first-order valence-corrected chi connectivity index (χ1v) is 10.6. The Bertz CT molecular complexity index is 1190. The van der Waals surface area contributed by atoms with E-state index in [0.717, 1.165) is 24.3 Å². The van der Waals surface area contributed by atoms with Gasteiger partial charge in [0.25, 0.3) is 0 Å². The molecule has 0 bridgehead atoms. The van der Waals surface area contributed by atoms with Gasteiger partial charge in [-0.15, -0.1) is 0 Å². The van der Waals surface area contributed by atoms with E-state index in [1.165, 1.54) is 24.3 Å². The van der Waals surface area contributed by atoms with Crippen molar-refractivity contribution in [2.45, 2.75) is 32.2 Å². The third-order valence-electron chi connectivity index (χ3n) is 5.01. The van der Waals surface area contributed by atoms with Crippen LogP contribution in [0.4, 0.5) is 26.3 Å². The Labute approximate surface area is 214 Å². The van der Waals surface area contributed by atoms with Crippen LogP contribution in [-0.2, 0) is 34.8 Å². The maximum Gasteiger partial charge on any atom is 0.416 e. The molecule has 3 rings (SSSR count). The predicted octanol–water partition coefficient (Wildman–Crippen LogP) is 3.34. The Morgan fingerprint density at radius 1 is 0.806 bits per heavy atom. The van der Waals surface area contributed by atoms with Crippen molar-refractivity contribution in [1.82, 2.24) is 0 Å². The number of hydrogen-bond acceptors (Lipinski definition) is 2. The number of hydrogen-bond donors (Lipinski definition) is 0. The molecule has 0 spiro atoms. The molecule has 1 heterocycles. The van der Waals surface area contributed by atoms with Gasteiger partial charge < -0.3 is 21.7 Å². The second kappa shape index (κ2) is 12.2. The van der Waals surface area contributed by atoms with Crippen molar-refractivity contribution in [3.8, 4) is 0 Å². The van der Waals surface area contributed by atoms with Gasteiger partial charge in [-0.1, -0.05) is 30.3 Å². The van der Waals surface area contributed by atoms with E-state index in [1.807, 2.05) is 0 Å². The number of rotatable bonds is 7. The summed E-state index contributed by atoms with van der Waals surface area (Å²) >= 11 is 0. The largest absolute Gasteiger partial charge is 1.00 e. The van der Waals surface area contributed by atoms with Crippen LogP contribution in [-0.4, -0.2) is 12.6 Å². The number of benzene rings is 2. The number of aromatic nitrogens is 1. The molecule has 0 N–H and O–H groups in total. The number of halogens is 7. The number of carbonyl (C=O) groups is 1. The van der Waals surface area contributed by atoms with E-state index in [9.17, 15) is 31.1 Å². The van der Waals surface area contributed by atoms with Gasteiger partial charge in [0, 0.05) is 16.7 Å². The minimum Gasteiger partial charge on any atom is -1.00 e. The van der Waals surface area contributed by atoms with Gasteiger partial charge in [0.2, 0.25) is 0 Å². The lowest BCUT2D eigenvalue weighted by molar-refractivity contribution is -0.688. The molecule has 10 heteroatoms. The number of ether oxygens (including phenoxy) is 1. The Morgan fingerprint density at radius 3 is 1.86 bits per heavy atom. The summed E-state index contributed by atoms with van der Waals surface area (Å²) in [5, 5.41) is 0. The summed E-state index contributed by atoms with van der Waals surface area (Å²) in [4.78, 5) is 12.0. The van der Waals surface area contributed by atoms with Gasteiger partial charge in [-0.25, -0.2) is 0 Å². The number of pyridine rings is 1. The van der Waals surface area contributed by atoms with E-state index in [0.29, 0.717) is 22.3 Å². The van der Waals surface area contributed by atoms with E-state index in [2.05, 4.69) is 0 Å². The number of alkyl halides is 6. The van der Waals surface area contributed by atoms with Crippen molar-refractivity contribution in [2.24, 2.45) is 0 Å². The maximum atomic E-state index is 12.8. The molecule has 0 saturated heterocycles. The van der Waals surface area contributed by atoms with Crippen LogP contribution in [0, 0.1) is 0 Å². The monoisotopic (exact) mass is 573 g/mol. The van der Waals surface area contributed by atoms with Crippen molar-refractivity contribution in [3.63, 3.8) is 0 Å². The van der Waals surface area contributed by atoms with Crippen molar-refractivity contribution in [3.05, 3.63) is 100 Å². The molecule has 36 heavy (non-hydrogen) atoms. The first-order chi connectivity index (χ1) is 16.4. The van der Waals surface area contributed by atoms with E-state index in [-0.39, 0.29) is 36.6 Å². The molecule has 0 atom stereocenters. The summed E-state index contributed by atoms with van der Waals surface area (Å²) in [6.45, 7) is 2.15. The summed E-state index contributed by atoms with van der Waals surface area (Å²) in [5.41, 5.74) is 0.934. The zero-order valence-corrected chi connectivity index (χ0v) is 20.6.